The number of ketones is 1. The third-order valence-corrected chi connectivity index (χ3v) is 4.48. The van der Waals surface area contributed by atoms with E-state index in [1.165, 1.54) is 30.3 Å². The van der Waals surface area contributed by atoms with Crippen molar-refractivity contribution in [1.29, 1.82) is 0 Å². The van der Waals surface area contributed by atoms with Gasteiger partial charge in [-0.05, 0) is 42.3 Å². The number of Topliss-reactive ketones (excluding diaryl/α,β-unsaturated/α-hetero) is 1. The summed E-state index contributed by atoms with van der Waals surface area (Å²) >= 11 is 0. The Balaban J connectivity index is 1.87. The number of hydrogen-bond donors (Lipinski definition) is 1. The Kier molecular flexibility index (Phi) is 5.97. The highest BCUT2D eigenvalue weighted by atomic mass is 19.2. The molecule has 3 aromatic carbocycles. The van der Waals surface area contributed by atoms with Gasteiger partial charge < -0.3 is 5.32 Å². The molecular formula is C22H18F2N2O3. The Morgan fingerprint density at radius 1 is 1.00 bits per heavy atom. The smallest absolute Gasteiger partial charge is 0.269 e. The first kappa shape index (κ1) is 20.1. The van der Waals surface area contributed by atoms with Crippen LogP contribution in [0.2, 0.25) is 0 Å². The van der Waals surface area contributed by atoms with Crippen LogP contribution in [-0.4, -0.2) is 10.7 Å². The van der Waals surface area contributed by atoms with Gasteiger partial charge in [0.15, 0.2) is 17.4 Å². The summed E-state index contributed by atoms with van der Waals surface area (Å²) in [7, 11) is 0. The molecule has 0 aliphatic carbocycles. The van der Waals surface area contributed by atoms with Crippen LogP contribution in [0.1, 0.15) is 22.7 Å². The zero-order valence-corrected chi connectivity index (χ0v) is 15.6. The van der Waals surface area contributed by atoms with Gasteiger partial charge in [0, 0.05) is 24.2 Å². The molecule has 0 saturated carbocycles. The molecule has 1 unspecified atom stereocenters. The zero-order valence-electron chi connectivity index (χ0n) is 15.6. The van der Waals surface area contributed by atoms with E-state index in [1.807, 2.05) is 31.2 Å². The fourth-order valence-electron chi connectivity index (χ4n) is 2.91. The summed E-state index contributed by atoms with van der Waals surface area (Å²) in [6.07, 6.45) is -0.101. The second-order valence-corrected chi connectivity index (χ2v) is 6.68. The van der Waals surface area contributed by atoms with Crippen molar-refractivity contribution in [3.05, 3.63) is 105 Å². The lowest BCUT2D eigenvalue weighted by Crippen LogP contribution is -2.23. The standard InChI is InChI=1S/C22H18F2N2O3/c1-14-2-5-16(6-3-14)22(25-17-7-9-18(10-8-17)26(28)29)21(27)13-15-4-11-19(23)20(24)12-15/h2-12,22,25H,13H2,1H3. The van der Waals surface area contributed by atoms with E-state index in [0.717, 1.165) is 17.7 Å². The van der Waals surface area contributed by atoms with Gasteiger partial charge in [-0.3, -0.25) is 14.9 Å². The second-order valence-electron chi connectivity index (χ2n) is 6.68. The molecule has 3 rings (SSSR count). The number of carbonyl (C=O) groups excluding carboxylic acids is 1. The summed E-state index contributed by atoms with van der Waals surface area (Å²) in [5.41, 5.74) is 2.55. The van der Waals surface area contributed by atoms with Crippen LogP contribution in [-0.2, 0) is 11.2 Å². The molecule has 0 aliphatic rings. The topological polar surface area (TPSA) is 72.2 Å². The molecule has 0 bridgehead atoms. The number of rotatable bonds is 7. The van der Waals surface area contributed by atoms with E-state index in [0.29, 0.717) is 16.8 Å². The number of halogens is 2. The van der Waals surface area contributed by atoms with E-state index >= 15 is 0 Å². The third kappa shape index (κ3) is 5.01. The van der Waals surface area contributed by atoms with Crippen LogP contribution >= 0.6 is 0 Å². The number of hydrogen-bond acceptors (Lipinski definition) is 4. The van der Waals surface area contributed by atoms with Gasteiger partial charge >= 0.3 is 0 Å². The maximum absolute atomic E-state index is 13.5. The number of anilines is 1. The van der Waals surface area contributed by atoms with Crippen molar-refractivity contribution in [2.45, 2.75) is 19.4 Å². The lowest BCUT2D eigenvalue weighted by atomic mass is 9.96. The molecule has 0 saturated heterocycles. The Morgan fingerprint density at radius 2 is 1.66 bits per heavy atom. The third-order valence-electron chi connectivity index (χ3n) is 4.48. The van der Waals surface area contributed by atoms with Crippen molar-refractivity contribution in [2.75, 3.05) is 5.32 Å². The predicted octanol–water partition coefficient (Wildman–Crippen LogP) is 5.15. The zero-order chi connectivity index (χ0) is 21.0. The molecule has 0 radical (unpaired) electrons. The average Bonchev–Trinajstić information content (AvgIpc) is 2.70. The summed E-state index contributed by atoms with van der Waals surface area (Å²) < 4.78 is 26.6. The Morgan fingerprint density at radius 3 is 2.24 bits per heavy atom. The maximum Gasteiger partial charge on any atom is 0.269 e. The van der Waals surface area contributed by atoms with Crippen LogP contribution < -0.4 is 5.32 Å². The number of nitrogens with zero attached hydrogens (tertiary/aromatic N) is 1. The van der Waals surface area contributed by atoms with E-state index in [2.05, 4.69) is 5.32 Å². The van der Waals surface area contributed by atoms with Crippen molar-refractivity contribution in [3.63, 3.8) is 0 Å². The number of carbonyl (C=O) groups is 1. The molecule has 7 heteroatoms. The van der Waals surface area contributed by atoms with Crippen LogP contribution in [0, 0.1) is 28.7 Å². The van der Waals surface area contributed by atoms with Crippen LogP contribution in [0.25, 0.3) is 0 Å². The summed E-state index contributed by atoms with van der Waals surface area (Å²) in [5.74, 6) is -2.23. The van der Waals surface area contributed by atoms with E-state index in [-0.39, 0.29) is 17.9 Å². The molecule has 3 aromatic rings. The van der Waals surface area contributed by atoms with Crippen LogP contribution in [0.3, 0.4) is 0 Å². The van der Waals surface area contributed by atoms with E-state index in [4.69, 9.17) is 0 Å². The fraction of sp³-hybridized carbons (Fsp3) is 0.136. The van der Waals surface area contributed by atoms with Crippen LogP contribution in [0.15, 0.2) is 66.7 Å². The van der Waals surface area contributed by atoms with Crippen molar-refractivity contribution < 1.29 is 18.5 Å². The quantitative estimate of drug-likeness (QED) is 0.443. The minimum Gasteiger partial charge on any atom is -0.372 e. The summed E-state index contributed by atoms with van der Waals surface area (Å²) in [6, 6.07) is 15.7. The number of benzene rings is 3. The Hall–Kier alpha value is -3.61. The molecule has 0 heterocycles. The first-order valence-corrected chi connectivity index (χ1v) is 8.87. The van der Waals surface area contributed by atoms with Gasteiger partial charge in [0.1, 0.15) is 6.04 Å². The molecule has 0 spiro atoms. The molecule has 1 N–H and O–H groups in total. The van der Waals surface area contributed by atoms with Crippen LogP contribution in [0.4, 0.5) is 20.2 Å². The fourth-order valence-corrected chi connectivity index (χ4v) is 2.91. The highest BCUT2D eigenvalue weighted by Gasteiger charge is 2.21. The summed E-state index contributed by atoms with van der Waals surface area (Å²) in [6.45, 7) is 1.92. The van der Waals surface area contributed by atoms with Gasteiger partial charge in [-0.25, -0.2) is 8.78 Å². The first-order chi connectivity index (χ1) is 13.8. The molecular weight excluding hydrogens is 378 g/mol. The lowest BCUT2D eigenvalue weighted by Gasteiger charge is -2.20. The normalized spacial score (nSPS) is 11.7. The number of non-ortho nitro benzene ring substituents is 1. The summed E-state index contributed by atoms with van der Waals surface area (Å²) in [4.78, 5) is 23.3. The highest BCUT2D eigenvalue weighted by molar-refractivity contribution is 5.89. The van der Waals surface area contributed by atoms with E-state index in [1.54, 1.807) is 0 Å². The van der Waals surface area contributed by atoms with E-state index in [9.17, 15) is 23.7 Å². The van der Waals surface area contributed by atoms with Crippen molar-refractivity contribution >= 4 is 17.2 Å². The van der Waals surface area contributed by atoms with E-state index < -0.39 is 22.6 Å². The Labute approximate surface area is 166 Å². The number of nitrogens with one attached hydrogen (secondary N) is 1. The summed E-state index contributed by atoms with van der Waals surface area (Å²) in [5, 5.41) is 13.9. The minimum absolute atomic E-state index is 0.0597. The molecule has 0 fully saturated rings. The van der Waals surface area contributed by atoms with Crippen molar-refractivity contribution in [1.82, 2.24) is 0 Å². The highest BCUT2D eigenvalue weighted by Crippen LogP contribution is 2.25. The average molecular weight is 396 g/mol. The molecule has 0 amide bonds. The molecule has 1 atom stereocenters. The van der Waals surface area contributed by atoms with Gasteiger partial charge in [-0.15, -0.1) is 0 Å². The van der Waals surface area contributed by atoms with Crippen molar-refractivity contribution in [2.24, 2.45) is 0 Å². The number of nitro groups is 1. The second kappa shape index (κ2) is 8.60. The Bertz CT molecular complexity index is 1030. The van der Waals surface area contributed by atoms with Gasteiger partial charge in [-0.2, -0.15) is 0 Å². The molecule has 0 aliphatic heterocycles. The molecule has 148 valence electrons. The number of aryl methyl sites for hydroxylation is 1. The molecule has 0 aromatic heterocycles. The van der Waals surface area contributed by atoms with Crippen LogP contribution in [0.5, 0.6) is 0 Å². The lowest BCUT2D eigenvalue weighted by molar-refractivity contribution is -0.384. The van der Waals surface area contributed by atoms with Gasteiger partial charge in [0.25, 0.3) is 5.69 Å². The largest absolute Gasteiger partial charge is 0.372 e. The predicted molar refractivity (Wildman–Crippen MR) is 106 cm³/mol. The molecule has 5 nitrogen and oxygen atoms in total. The van der Waals surface area contributed by atoms with Gasteiger partial charge in [0.05, 0.1) is 4.92 Å². The van der Waals surface area contributed by atoms with Gasteiger partial charge in [0.2, 0.25) is 0 Å². The minimum atomic E-state index is -1.01. The maximum atomic E-state index is 13.5. The molecule has 29 heavy (non-hydrogen) atoms. The monoisotopic (exact) mass is 396 g/mol. The number of nitro benzene ring substituents is 1. The SMILES string of the molecule is Cc1ccc(C(Nc2ccc([N+](=O)[O-])cc2)C(=O)Cc2ccc(F)c(F)c2)cc1. The first-order valence-electron chi connectivity index (χ1n) is 8.87. The van der Waals surface area contributed by atoms with Crippen molar-refractivity contribution in [3.8, 4) is 0 Å². The van der Waals surface area contributed by atoms with Gasteiger partial charge in [-0.1, -0.05) is 35.9 Å².